The van der Waals surface area contributed by atoms with E-state index in [1.54, 1.807) is 36.1 Å². The predicted octanol–water partition coefficient (Wildman–Crippen LogP) is 0.947. The van der Waals surface area contributed by atoms with E-state index < -0.39 is 23.5 Å². The third-order valence-electron chi connectivity index (χ3n) is 7.58. The number of carbonyl (C=O) groups excluding carboxylic acids is 4. The molecule has 1 aromatic carbocycles. The summed E-state index contributed by atoms with van der Waals surface area (Å²) in [6.45, 7) is 1.84. The highest BCUT2D eigenvalue weighted by molar-refractivity contribution is 6.26. The van der Waals surface area contributed by atoms with E-state index in [9.17, 15) is 19.2 Å². The Hall–Kier alpha value is -3.76. The van der Waals surface area contributed by atoms with E-state index in [2.05, 4.69) is 5.32 Å². The van der Waals surface area contributed by atoms with Gasteiger partial charge in [0.05, 0.1) is 23.2 Å². The fourth-order valence-corrected chi connectivity index (χ4v) is 5.99. The van der Waals surface area contributed by atoms with Crippen molar-refractivity contribution in [2.45, 2.75) is 31.2 Å². The number of hydrogen-bond acceptors (Lipinski definition) is 9. The molecule has 2 saturated heterocycles. The minimum Gasteiger partial charge on any atom is -0.457 e. The molecule has 1 amide bonds. The van der Waals surface area contributed by atoms with Gasteiger partial charge in [-0.05, 0) is 6.92 Å². The molecule has 0 aromatic heterocycles. The molecule has 5 aliphatic rings. The summed E-state index contributed by atoms with van der Waals surface area (Å²) in [6, 6.07) is 8.65. The molecule has 3 N–H and O–H groups in total. The number of hydrogen-bond donors (Lipinski definition) is 2. The smallest absolute Gasteiger partial charge is 0.404 e. The second-order valence-corrected chi connectivity index (χ2v) is 9.24. The van der Waals surface area contributed by atoms with Crippen molar-refractivity contribution in [3.05, 3.63) is 69.8 Å². The number of amides is 1. The normalized spacial score (nSPS) is 30.6. The van der Waals surface area contributed by atoms with Crippen LogP contribution in [0.3, 0.4) is 0 Å². The number of rotatable bonds is 5. The van der Waals surface area contributed by atoms with Crippen molar-refractivity contribution >= 4 is 23.4 Å². The zero-order chi connectivity index (χ0) is 24.6. The van der Waals surface area contributed by atoms with Crippen LogP contribution in [-0.2, 0) is 23.8 Å². The van der Waals surface area contributed by atoms with Crippen LogP contribution in [0.2, 0.25) is 0 Å². The Labute approximate surface area is 200 Å². The molecule has 6 rings (SSSR count). The predicted molar refractivity (Wildman–Crippen MR) is 119 cm³/mol. The summed E-state index contributed by atoms with van der Waals surface area (Å²) < 4.78 is 16.9. The molecule has 0 bridgehead atoms. The summed E-state index contributed by atoms with van der Waals surface area (Å²) in [5.41, 5.74) is 5.49. The van der Waals surface area contributed by atoms with Gasteiger partial charge in [-0.3, -0.25) is 14.4 Å². The molecular formula is C25H23N3O7. The van der Waals surface area contributed by atoms with E-state index in [0.717, 1.165) is 0 Å². The van der Waals surface area contributed by atoms with Gasteiger partial charge in [0.2, 0.25) is 11.6 Å². The molecule has 1 aliphatic carbocycles. The summed E-state index contributed by atoms with van der Waals surface area (Å²) in [7, 11) is 1.51. The number of ketones is 3. The number of carbonyl (C=O) groups is 4. The fraction of sp³-hybridized carbons (Fsp3) is 0.360. The van der Waals surface area contributed by atoms with E-state index in [1.165, 1.54) is 7.11 Å². The van der Waals surface area contributed by atoms with E-state index in [1.807, 2.05) is 6.07 Å². The maximum absolute atomic E-state index is 13.9. The van der Waals surface area contributed by atoms with Crippen LogP contribution >= 0.6 is 0 Å². The number of methoxy groups -OCH3 is 1. The van der Waals surface area contributed by atoms with Gasteiger partial charge in [0.1, 0.15) is 12.4 Å². The first kappa shape index (κ1) is 21.8. The zero-order valence-corrected chi connectivity index (χ0v) is 19.1. The minimum absolute atomic E-state index is 0.0162. The molecule has 10 nitrogen and oxygen atoms in total. The van der Waals surface area contributed by atoms with Crippen LogP contribution in [-0.4, -0.2) is 66.4 Å². The van der Waals surface area contributed by atoms with Crippen LogP contribution in [0.4, 0.5) is 4.79 Å². The Morgan fingerprint density at radius 3 is 2.66 bits per heavy atom. The first-order valence-corrected chi connectivity index (χ1v) is 11.3. The molecule has 4 atom stereocenters. The third kappa shape index (κ3) is 2.83. The van der Waals surface area contributed by atoms with Crippen LogP contribution in [0.15, 0.2) is 64.3 Å². The molecule has 0 spiro atoms. The first-order valence-electron chi connectivity index (χ1n) is 11.3. The number of benzene rings is 1. The number of nitrogens with zero attached hydrogens (tertiary/aromatic N) is 1. The lowest BCUT2D eigenvalue weighted by molar-refractivity contribution is -0.137. The lowest BCUT2D eigenvalue weighted by Crippen LogP contribution is -2.55. The van der Waals surface area contributed by atoms with Gasteiger partial charge >= 0.3 is 6.09 Å². The van der Waals surface area contributed by atoms with Crippen LogP contribution in [0.1, 0.15) is 23.7 Å². The lowest BCUT2D eigenvalue weighted by atomic mass is 9.80. The maximum Gasteiger partial charge on any atom is 0.404 e. The Balaban J connectivity index is 1.39. The van der Waals surface area contributed by atoms with Gasteiger partial charge in [-0.1, -0.05) is 30.3 Å². The number of nitrogens with one attached hydrogen (secondary N) is 1. The molecule has 4 heterocycles. The van der Waals surface area contributed by atoms with E-state index in [-0.39, 0.29) is 65.0 Å². The van der Waals surface area contributed by atoms with Gasteiger partial charge in [0.25, 0.3) is 0 Å². The highest BCUT2D eigenvalue weighted by atomic mass is 16.6. The number of fused-ring (bicyclic) bond motifs is 4. The first-order chi connectivity index (χ1) is 16.8. The molecule has 0 saturated carbocycles. The summed E-state index contributed by atoms with van der Waals surface area (Å²) in [5.74, 6) is -1.67. The van der Waals surface area contributed by atoms with Crippen molar-refractivity contribution in [2.24, 2.45) is 11.7 Å². The van der Waals surface area contributed by atoms with Gasteiger partial charge in [-0.2, -0.15) is 0 Å². The van der Waals surface area contributed by atoms with Gasteiger partial charge in [0, 0.05) is 42.8 Å². The van der Waals surface area contributed by atoms with Crippen LogP contribution in [0.25, 0.3) is 0 Å². The second kappa shape index (κ2) is 7.37. The number of Topliss-reactive ketones (excluding diaryl/α,β-unsaturated/α-hetero) is 3. The van der Waals surface area contributed by atoms with Gasteiger partial charge in [0.15, 0.2) is 17.3 Å². The largest absolute Gasteiger partial charge is 0.457 e. The van der Waals surface area contributed by atoms with Gasteiger partial charge in [-0.25, -0.2) is 4.79 Å². The summed E-state index contributed by atoms with van der Waals surface area (Å²) >= 11 is 0. The highest BCUT2D eigenvalue weighted by Crippen LogP contribution is 2.56. The monoisotopic (exact) mass is 477 g/mol. The van der Waals surface area contributed by atoms with Crippen molar-refractivity contribution in [2.75, 3.05) is 20.3 Å². The Morgan fingerprint density at radius 1 is 1.23 bits per heavy atom. The number of primary amides is 1. The zero-order valence-electron chi connectivity index (χ0n) is 19.1. The average Bonchev–Trinajstić information content (AvgIpc) is 3.46. The van der Waals surface area contributed by atoms with Crippen molar-refractivity contribution in [1.29, 1.82) is 0 Å². The third-order valence-corrected chi connectivity index (χ3v) is 7.58. The molecule has 4 aliphatic heterocycles. The standard InChI is InChI=1S/C25H23N3O7/c1-11-13(19(29)12-6-4-3-5-7-12)8-14-20(30)18-17(21(31)22(14)35-11)15(10-34-24(26)32)25(33-2)23-16(27-23)9-28(18)25/h3-7,15-16,23,27H,8-10H2,1-2H3,(H2,26,32)/t15-,16+,23+,25-/m1/s1. The SMILES string of the molecule is CO[C@@]12[C@H](COC(N)=O)C3=C(C(=O)C4=C(OC(C)=C(C(=O)c5ccccc5)C4)C3=O)N1C[C@@H]1N[C@@H]12. The number of allylic oxidation sites excluding steroid dienone is 4. The maximum atomic E-state index is 13.9. The molecule has 2 fully saturated rings. The average molecular weight is 477 g/mol. The quantitative estimate of drug-likeness (QED) is 0.359. The Bertz CT molecular complexity index is 1310. The van der Waals surface area contributed by atoms with Crippen molar-refractivity contribution in [3.63, 3.8) is 0 Å². The second-order valence-electron chi connectivity index (χ2n) is 9.24. The van der Waals surface area contributed by atoms with Crippen molar-refractivity contribution < 1.29 is 33.4 Å². The van der Waals surface area contributed by atoms with Crippen LogP contribution in [0, 0.1) is 5.92 Å². The molecule has 10 heteroatoms. The van der Waals surface area contributed by atoms with E-state index >= 15 is 0 Å². The van der Waals surface area contributed by atoms with E-state index in [0.29, 0.717) is 17.7 Å². The summed E-state index contributed by atoms with van der Waals surface area (Å²) in [6.07, 6.45) is -1.00. The van der Waals surface area contributed by atoms with Crippen molar-refractivity contribution in [3.8, 4) is 0 Å². The van der Waals surface area contributed by atoms with Crippen LogP contribution in [0.5, 0.6) is 0 Å². The minimum atomic E-state index is -1.07. The molecule has 1 aromatic rings. The molecule has 0 unspecified atom stereocenters. The number of nitrogens with two attached hydrogens (primary N) is 1. The summed E-state index contributed by atoms with van der Waals surface area (Å²) in [4.78, 5) is 54.0. The molecular weight excluding hydrogens is 454 g/mol. The van der Waals surface area contributed by atoms with Gasteiger partial charge < -0.3 is 30.2 Å². The lowest BCUT2D eigenvalue weighted by Gasteiger charge is -2.39. The molecule has 35 heavy (non-hydrogen) atoms. The Morgan fingerprint density at radius 2 is 1.97 bits per heavy atom. The molecule has 0 radical (unpaired) electrons. The van der Waals surface area contributed by atoms with Crippen molar-refractivity contribution in [1.82, 2.24) is 10.2 Å². The molecule has 180 valence electrons. The Kier molecular flexibility index (Phi) is 4.58. The van der Waals surface area contributed by atoms with E-state index in [4.69, 9.17) is 19.9 Å². The number of piperazine rings is 1. The fourth-order valence-electron chi connectivity index (χ4n) is 5.99. The van der Waals surface area contributed by atoms with Gasteiger partial charge in [-0.15, -0.1) is 0 Å². The topological polar surface area (TPSA) is 147 Å². The highest BCUT2D eigenvalue weighted by Gasteiger charge is 2.73. The number of ether oxygens (including phenoxy) is 3. The summed E-state index contributed by atoms with van der Waals surface area (Å²) in [5, 5.41) is 3.31. The van der Waals surface area contributed by atoms with Crippen LogP contribution < -0.4 is 11.1 Å².